The lowest BCUT2D eigenvalue weighted by molar-refractivity contribution is -0.126. The third kappa shape index (κ3) is 3.10. The number of piperazine rings is 1. The van der Waals surface area contributed by atoms with Gasteiger partial charge in [-0.25, -0.2) is 8.42 Å². The van der Waals surface area contributed by atoms with E-state index in [1.165, 1.54) is 16.4 Å². The minimum absolute atomic E-state index is 0.0878. The van der Waals surface area contributed by atoms with Crippen molar-refractivity contribution in [3.05, 3.63) is 21.1 Å². The van der Waals surface area contributed by atoms with E-state index in [0.29, 0.717) is 27.6 Å². The van der Waals surface area contributed by atoms with E-state index in [0.717, 1.165) is 0 Å². The molecule has 2 rings (SSSR count). The molecule has 1 aromatic carbocycles. The Bertz CT molecular complexity index is 655. The number of nitrogens with two attached hydrogens (primary N) is 1. The second-order valence-electron chi connectivity index (χ2n) is 4.64. The number of nitrogens with zero attached hydrogens (tertiary/aromatic N) is 1. The van der Waals surface area contributed by atoms with E-state index in [4.69, 9.17) is 5.73 Å². The van der Waals surface area contributed by atoms with Gasteiger partial charge < -0.3 is 11.1 Å². The Labute approximate surface area is 140 Å². The molecule has 0 radical (unpaired) electrons. The first-order valence-corrected chi connectivity index (χ1v) is 9.35. The molecule has 0 saturated carbocycles. The van der Waals surface area contributed by atoms with Gasteiger partial charge in [-0.3, -0.25) is 4.79 Å². The molecule has 1 atom stereocenters. The lowest BCUT2D eigenvalue weighted by atomic mass is 10.2. The zero-order valence-electron chi connectivity index (χ0n) is 11.3. The van der Waals surface area contributed by atoms with E-state index in [1.807, 2.05) is 0 Å². The van der Waals surface area contributed by atoms with E-state index in [2.05, 4.69) is 37.2 Å². The number of carbonyl (C=O) groups excluding carboxylic acids is 1. The van der Waals surface area contributed by atoms with Crippen LogP contribution < -0.4 is 11.1 Å². The van der Waals surface area contributed by atoms with Crippen molar-refractivity contribution < 1.29 is 13.2 Å². The molecular formula is C12H15Br2N3O3S. The fourth-order valence-corrected chi connectivity index (χ4v) is 6.52. The average Bonchev–Trinajstić information content (AvgIpc) is 2.36. The average molecular weight is 441 g/mol. The summed E-state index contributed by atoms with van der Waals surface area (Å²) in [5.74, 6) is -0.269. The fraction of sp³-hybridized carbons (Fsp3) is 0.417. The molecule has 1 aliphatic rings. The van der Waals surface area contributed by atoms with Crippen molar-refractivity contribution in [2.45, 2.75) is 24.3 Å². The summed E-state index contributed by atoms with van der Waals surface area (Å²) in [6, 6.07) is 2.37. The number of halogens is 2. The number of carbonyl (C=O) groups is 1. The first-order valence-electron chi connectivity index (χ1n) is 6.33. The standard InChI is InChI=1S/C12H15Br2N3O3S/c1-2-10-12(18)16-3-4-17(10)21(19,20)11-8(13)5-7(15)6-9(11)14/h5-6,10H,2-4,15H2,1H3,(H,16,18). The highest BCUT2D eigenvalue weighted by Crippen LogP contribution is 2.35. The third-order valence-corrected chi connectivity index (χ3v) is 7.04. The number of anilines is 1. The Morgan fingerprint density at radius 3 is 2.48 bits per heavy atom. The minimum atomic E-state index is -3.81. The molecule has 3 N–H and O–H groups in total. The summed E-state index contributed by atoms with van der Waals surface area (Å²) in [4.78, 5) is 12.0. The smallest absolute Gasteiger partial charge is 0.246 e. The number of hydrogen-bond acceptors (Lipinski definition) is 4. The van der Waals surface area contributed by atoms with Gasteiger partial charge in [0.25, 0.3) is 0 Å². The van der Waals surface area contributed by atoms with Crippen molar-refractivity contribution >= 4 is 53.5 Å². The highest BCUT2D eigenvalue weighted by molar-refractivity contribution is 9.11. The Balaban J connectivity index is 2.54. The number of nitrogens with one attached hydrogen (secondary N) is 1. The van der Waals surface area contributed by atoms with E-state index >= 15 is 0 Å². The molecule has 0 aromatic heterocycles. The molecule has 1 aromatic rings. The number of sulfonamides is 1. The molecule has 1 amide bonds. The maximum atomic E-state index is 12.9. The maximum Gasteiger partial charge on any atom is 0.246 e. The van der Waals surface area contributed by atoms with E-state index < -0.39 is 16.1 Å². The monoisotopic (exact) mass is 439 g/mol. The minimum Gasteiger partial charge on any atom is -0.399 e. The molecule has 1 heterocycles. The van der Waals surface area contributed by atoms with Gasteiger partial charge in [-0.1, -0.05) is 6.92 Å². The van der Waals surface area contributed by atoms with Gasteiger partial charge in [0.1, 0.15) is 10.9 Å². The topological polar surface area (TPSA) is 92.5 Å². The van der Waals surface area contributed by atoms with E-state index in [-0.39, 0.29) is 17.3 Å². The molecule has 21 heavy (non-hydrogen) atoms. The predicted octanol–water partition coefficient (Wildman–Crippen LogP) is 1.69. The zero-order chi connectivity index (χ0) is 15.8. The Morgan fingerprint density at radius 1 is 1.38 bits per heavy atom. The van der Waals surface area contributed by atoms with Gasteiger partial charge in [-0.15, -0.1) is 0 Å². The van der Waals surface area contributed by atoms with Gasteiger partial charge in [0.15, 0.2) is 0 Å². The Hall–Kier alpha value is -0.640. The summed E-state index contributed by atoms with van der Waals surface area (Å²) >= 11 is 6.48. The van der Waals surface area contributed by atoms with Crippen LogP contribution in [0.5, 0.6) is 0 Å². The molecule has 1 saturated heterocycles. The van der Waals surface area contributed by atoms with Crippen molar-refractivity contribution in [2.75, 3.05) is 18.8 Å². The molecule has 0 spiro atoms. The number of hydrogen-bond donors (Lipinski definition) is 2. The SMILES string of the molecule is CCC1C(=O)NCCN1S(=O)(=O)c1c(Br)cc(N)cc1Br. The summed E-state index contributed by atoms with van der Waals surface area (Å²) in [6.07, 6.45) is 0.412. The summed E-state index contributed by atoms with van der Waals surface area (Å²) < 4.78 is 27.8. The lowest BCUT2D eigenvalue weighted by Crippen LogP contribution is -2.56. The fourth-order valence-electron chi connectivity index (χ4n) is 2.31. The van der Waals surface area contributed by atoms with Crippen LogP contribution in [-0.2, 0) is 14.8 Å². The molecule has 1 fully saturated rings. The number of amides is 1. The van der Waals surface area contributed by atoms with Crippen LogP contribution in [0.1, 0.15) is 13.3 Å². The number of benzene rings is 1. The zero-order valence-corrected chi connectivity index (χ0v) is 15.3. The third-order valence-electron chi connectivity index (χ3n) is 3.26. The van der Waals surface area contributed by atoms with Crippen LogP contribution in [0.3, 0.4) is 0 Å². The first-order chi connectivity index (χ1) is 9.78. The van der Waals surface area contributed by atoms with Crippen LogP contribution in [0.2, 0.25) is 0 Å². The van der Waals surface area contributed by atoms with Crippen molar-refractivity contribution in [3.63, 3.8) is 0 Å². The summed E-state index contributed by atoms with van der Waals surface area (Å²) in [6.45, 7) is 2.33. The largest absolute Gasteiger partial charge is 0.399 e. The first kappa shape index (κ1) is 16.7. The molecule has 1 unspecified atom stereocenters. The molecule has 1 aliphatic heterocycles. The van der Waals surface area contributed by atoms with Crippen molar-refractivity contribution in [2.24, 2.45) is 0 Å². The van der Waals surface area contributed by atoms with Crippen LogP contribution in [0, 0.1) is 0 Å². The van der Waals surface area contributed by atoms with Crippen LogP contribution in [0.25, 0.3) is 0 Å². The van der Waals surface area contributed by atoms with Gasteiger partial charge in [-0.2, -0.15) is 4.31 Å². The lowest BCUT2D eigenvalue weighted by Gasteiger charge is -2.33. The summed E-state index contributed by atoms with van der Waals surface area (Å²) in [5, 5.41) is 2.69. The summed E-state index contributed by atoms with van der Waals surface area (Å²) in [5.41, 5.74) is 6.13. The van der Waals surface area contributed by atoms with Crippen LogP contribution in [0.15, 0.2) is 26.0 Å². The van der Waals surface area contributed by atoms with E-state index in [9.17, 15) is 13.2 Å². The van der Waals surface area contributed by atoms with Gasteiger partial charge in [0.2, 0.25) is 15.9 Å². The highest BCUT2D eigenvalue weighted by atomic mass is 79.9. The second-order valence-corrected chi connectivity index (χ2v) is 8.18. The second kappa shape index (κ2) is 6.23. The van der Waals surface area contributed by atoms with Gasteiger partial charge in [-0.05, 0) is 50.4 Å². The van der Waals surface area contributed by atoms with Crippen LogP contribution in [0.4, 0.5) is 5.69 Å². The van der Waals surface area contributed by atoms with Crippen molar-refractivity contribution in [1.82, 2.24) is 9.62 Å². The Kier molecular flexibility index (Phi) is 4.96. The maximum absolute atomic E-state index is 12.9. The normalized spacial score (nSPS) is 20.3. The molecule has 116 valence electrons. The van der Waals surface area contributed by atoms with Gasteiger partial charge in [0, 0.05) is 27.7 Å². The van der Waals surface area contributed by atoms with Crippen molar-refractivity contribution in [1.29, 1.82) is 0 Å². The van der Waals surface area contributed by atoms with Crippen molar-refractivity contribution in [3.8, 4) is 0 Å². The molecule has 9 heteroatoms. The molecule has 0 aliphatic carbocycles. The van der Waals surface area contributed by atoms with E-state index in [1.54, 1.807) is 6.92 Å². The quantitative estimate of drug-likeness (QED) is 0.699. The molecule has 6 nitrogen and oxygen atoms in total. The number of rotatable bonds is 3. The van der Waals surface area contributed by atoms with Gasteiger partial charge in [0.05, 0.1) is 0 Å². The molecular weight excluding hydrogens is 426 g/mol. The number of nitrogen functional groups attached to an aromatic ring is 1. The van der Waals surface area contributed by atoms with Crippen LogP contribution >= 0.6 is 31.9 Å². The predicted molar refractivity (Wildman–Crippen MR) is 87.2 cm³/mol. The van der Waals surface area contributed by atoms with Crippen LogP contribution in [-0.4, -0.2) is 37.8 Å². The van der Waals surface area contributed by atoms with Gasteiger partial charge >= 0.3 is 0 Å². The summed E-state index contributed by atoms with van der Waals surface area (Å²) in [7, 11) is -3.81. The Morgan fingerprint density at radius 2 is 1.95 bits per heavy atom. The highest BCUT2D eigenvalue weighted by Gasteiger charge is 2.39. The molecule has 0 bridgehead atoms.